The van der Waals surface area contributed by atoms with Crippen molar-refractivity contribution in [1.29, 1.82) is 0 Å². The maximum Gasteiger partial charge on any atom is 0.255 e. The van der Waals surface area contributed by atoms with E-state index in [0.29, 0.717) is 34.0 Å². The lowest BCUT2D eigenvalue weighted by atomic mass is 9.86. The van der Waals surface area contributed by atoms with Crippen LogP contribution in [0.5, 0.6) is 0 Å². The number of fused-ring (bicyclic) bond motifs is 1. The molecule has 0 saturated heterocycles. The number of rotatable bonds is 6. The Hall–Kier alpha value is -4.98. The highest BCUT2D eigenvalue weighted by molar-refractivity contribution is 6.05. The van der Waals surface area contributed by atoms with E-state index in [1.54, 1.807) is 30.5 Å². The molecule has 8 heteroatoms. The smallest absolute Gasteiger partial charge is 0.255 e. The number of aromatic nitrogens is 3. The summed E-state index contributed by atoms with van der Waals surface area (Å²) in [7, 11) is 0. The average molecular weight is 519 g/mol. The fourth-order valence-corrected chi connectivity index (χ4v) is 4.24. The predicted molar refractivity (Wildman–Crippen MR) is 154 cm³/mol. The second kappa shape index (κ2) is 10.1. The fraction of sp³-hybridized carbons (Fsp3) is 0.161. The lowest BCUT2D eigenvalue weighted by Crippen LogP contribution is -2.15. The molecule has 0 saturated carbocycles. The van der Waals surface area contributed by atoms with Gasteiger partial charge in [0.15, 0.2) is 11.5 Å². The molecule has 0 aliphatic heterocycles. The number of anilines is 3. The lowest BCUT2D eigenvalue weighted by molar-refractivity contribution is 0.0997. The van der Waals surface area contributed by atoms with E-state index in [2.05, 4.69) is 36.4 Å². The van der Waals surface area contributed by atoms with E-state index in [4.69, 9.17) is 10.7 Å². The molecule has 0 radical (unpaired) electrons. The van der Waals surface area contributed by atoms with Gasteiger partial charge in [-0.2, -0.15) is 0 Å². The molecular weight excluding hydrogens is 488 g/mol. The minimum absolute atomic E-state index is 0.0178. The van der Waals surface area contributed by atoms with Crippen molar-refractivity contribution in [3.05, 3.63) is 108 Å². The number of carbonyl (C=O) groups is 2. The van der Waals surface area contributed by atoms with Crippen molar-refractivity contribution < 1.29 is 9.59 Å². The molecule has 0 atom stereocenters. The van der Waals surface area contributed by atoms with Gasteiger partial charge in [0.1, 0.15) is 0 Å². The van der Waals surface area contributed by atoms with Crippen LogP contribution < -0.4 is 16.4 Å². The third-order valence-electron chi connectivity index (χ3n) is 6.60. The zero-order valence-corrected chi connectivity index (χ0v) is 22.3. The monoisotopic (exact) mass is 518 g/mol. The van der Waals surface area contributed by atoms with Crippen LogP contribution in [0.25, 0.3) is 16.9 Å². The van der Waals surface area contributed by atoms with E-state index < -0.39 is 5.91 Å². The summed E-state index contributed by atoms with van der Waals surface area (Å²) in [5.41, 5.74) is 12.1. The van der Waals surface area contributed by atoms with Crippen molar-refractivity contribution in [2.45, 2.75) is 33.1 Å². The Bertz CT molecular complexity index is 1680. The fourth-order valence-electron chi connectivity index (χ4n) is 4.24. The molecule has 0 aliphatic rings. The molecular formula is C31H30N6O2. The highest BCUT2D eigenvalue weighted by Crippen LogP contribution is 2.29. The summed E-state index contributed by atoms with van der Waals surface area (Å²) in [5, 5.41) is 6.34. The number of benzene rings is 3. The van der Waals surface area contributed by atoms with Crippen LogP contribution in [-0.2, 0) is 5.41 Å². The molecule has 5 rings (SSSR count). The second-order valence-corrected chi connectivity index (χ2v) is 10.5. The number of nitrogens with zero attached hydrogens (tertiary/aromatic N) is 3. The van der Waals surface area contributed by atoms with Crippen LogP contribution in [-0.4, -0.2) is 26.2 Å². The van der Waals surface area contributed by atoms with Crippen LogP contribution in [0.2, 0.25) is 0 Å². The highest BCUT2D eigenvalue weighted by atomic mass is 16.2. The third kappa shape index (κ3) is 5.50. The van der Waals surface area contributed by atoms with Gasteiger partial charge in [0, 0.05) is 46.7 Å². The van der Waals surface area contributed by atoms with Crippen molar-refractivity contribution in [3.63, 3.8) is 0 Å². The first-order valence-corrected chi connectivity index (χ1v) is 12.6. The van der Waals surface area contributed by atoms with Gasteiger partial charge >= 0.3 is 0 Å². The van der Waals surface area contributed by atoms with Crippen LogP contribution in [0.4, 0.5) is 17.2 Å². The van der Waals surface area contributed by atoms with Crippen molar-refractivity contribution in [3.8, 4) is 11.3 Å². The van der Waals surface area contributed by atoms with Crippen molar-refractivity contribution >= 4 is 34.7 Å². The van der Waals surface area contributed by atoms with E-state index in [1.807, 2.05) is 66.2 Å². The maximum absolute atomic E-state index is 13.1. The molecule has 39 heavy (non-hydrogen) atoms. The Balaban J connectivity index is 1.44. The van der Waals surface area contributed by atoms with Crippen molar-refractivity contribution in [2.75, 3.05) is 10.6 Å². The van der Waals surface area contributed by atoms with Gasteiger partial charge in [-0.05, 0) is 65.9 Å². The summed E-state index contributed by atoms with van der Waals surface area (Å²) in [6.45, 7) is 8.39. The van der Waals surface area contributed by atoms with E-state index in [9.17, 15) is 9.59 Å². The number of primary amides is 1. The summed E-state index contributed by atoms with van der Waals surface area (Å²) in [6, 6.07) is 20.4. The summed E-state index contributed by atoms with van der Waals surface area (Å²) >= 11 is 0. The van der Waals surface area contributed by atoms with E-state index in [-0.39, 0.29) is 11.3 Å². The molecule has 2 heterocycles. The zero-order valence-electron chi connectivity index (χ0n) is 22.3. The number of hydrogen-bond acceptors (Lipinski definition) is 5. The first-order chi connectivity index (χ1) is 18.6. The standard InChI is InChI=1S/C31H30N6O2/c1-19-5-6-22(17-25(19)36-30(39)21-7-11-23(12-8-21)31(2,3)4)26-18-37-16-15-33-29(37)28(35-26)34-24-13-9-20(10-14-24)27(32)38/h5-18H,1-4H3,(H2,32,38)(H,34,35)(H,36,39). The molecule has 0 spiro atoms. The lowest BCUT2D eigenvalue weighted by Gasteiger charge is -2.19. The number of nitrogens with one attached hydrogen (secondary N) is 2. The summed E-state index contributed by atoms with van der Waals surface area (Å²) in [4.78, 5) is 33.7. The summed E-state index contributed by atoms with van der Waals surface area (Å²) < 4.78 is 1.89. The maximum atomic E-state index is 13.1. The Morgan fingerprint density at radius 3 is 2.28 bits per heavy atom. The molecule has 0 aliphatic carbocycles. The minimum Gasteiger partial charge on any atom is -0.366 e. The second-order valence-electron chi connectivity index (χ2n) is 10.5. The van der Waals surface area contributed by atoms with Gasteiger partial charge < -0.3 is 20.8 Å². The van der Waals surface area contributed by atoms with Gasteiger partial charge in [0.05, 0.1) is 5.69 Å². The Morgan fingerprint density at radius 1 is 0.923 bits per heavy atom. The molecule has 4 N–H and O–H groups in total. The first kappa shape index (κ1) is 25.7. The van der Waals surface area contributed by atoms with E-state index in [0.717, 1.165) is 16.8 Å². The van der Waals surface area contributed by atoms with Gasteiger partial charge in [-0.1, -0.05) is 45.0 Å². The number of aryl methyl sites for hydroxylation is 1. The van der Waals surface area contributed by atoms with Crippen molar-refractivity contribution in [1.82, 2.24) is 14.4 Å². The molecule has 2 aromatic heterocycles. The van der Waals surface area contributed by atoms with Crippen LogP contribution >= 0.6 is 0 Å². The number of hydrogen-bond donors (Lipinski definition) is 3. The Kier molecular flexibility index (Phi) is 6.62. The quantitative estimate of drug-likeness (QED) is 0.251. The SMILES string of the molecule is Cc1ccc(-c2cn3ccnc3c(Nc3ccc(C(N)=O)cc3)n2)cc1NC(=O)c1ccc(C(C)(C)C)cc1. The summed E-state index contributed by atoms with van der Waals surface area (Å²) in [5.74, 6) is -0.105. The molecule has 3 aromatic carbocycles. The van der Waals surface area contributed by atoms with Gasteiger partial charge in [-0.25, -0.2) is 9.97 Å². The van der Waals surface area contributed by atoms with Gasteiger partial charge in [-0.3, -0.25) is 9.59 Å². The molecule has 196 valence electrons. The minimum atomic E-state index is -0.485. The molecule has 8 nitrogen and oxygen atoms in total. The van der Waals surface area contributed by atoms with Crippen LogP contribution in [0.15, 0.2) is 85.3 Å². The van der Waals surface area contributed by atoms with Gasteiger partial charge in [0.25, 0.3) is 5.91 Å². The zero-order chi connectivity index (χ0) is 27.7. The summed E-state index contributed by atoms with van der Waals surface area (Å²) in [6.07, 6.45) is 5.44. The number of carbonyl (C=O) groups excluding carboxylic acids is 2. The van der Waals surface area contributed by atoms with Gasteiger partial charge in [0.2, 0.25) is 5.91 Å². The predicted octanol–water partition coefficient (Wildman–Crippen LogP) is 6.10. The average Bonchev–Trinajstić information content (AvgIpc) is 3.39. The Morgan fingerprint density at radius 2 is 1.62 bits per heavy atom. The van der Waals surface area contributed by atoms with E-state index >= 15 is 0 Å². The topological polar surface area (TPSA) is 114 Å². The molecule has 5 aromatic rings. The van der Waals surface area contributed by atoms with E-state index in [1.165, 1.54) is 5.56 Å². The number of amides is 2. The molecule has 0 fully saturated rings. The van der Waals surface area contributed by atoms with Crippen LogP contribution in [0.3, 0.4) is 0 Å². The number of nitrogens with two attached hydrogens (primary N) is 1. The van der Waals surface area contributed by atoms with Crippen LogP contribution in [0.1, 0.15) is 52.6 Å². The number of imidazole rings is 1. The van der Waals surface area contributed by atoms with Crippen LogP contribution in [0, 0.1) is 6.92 Å². The molecule has 0 unspecified atom stereocenters. The van der Waals surface area contributed by atoms with Gasteiger partial charge in [-0.15, -0.1) is 0 Å². The molecule has 0 bridgehead atoms. The largest absolute Gasteiger partial charge is 0.366 e. The molecule has 2 amide bonds. The Labute approximate surface area is 226 Å². The van der Waals surface area contributed by atoms with Crippen molar-refractivity contribution in [2.24, 2.45) is 5.73 Å². The third-order valence-corrected chi connectivity index (χ3v) is 6.60. The first-order valence-electron chi connectivity index (χ1n) is 12.6. The normalized spacial score (nSPS) is 11.4. The highest BCUT2D eigenvalue weighted by Gasteiger charge is 2.16.